The topological polar surface area (TPSA) is 84.8 Å². The summed E-state index contributed by atoms with van der Waals surface area (Å²) in [4.78, 5) is 8.11. The van der Waals surface area contributed by atoms with E-state index in [-0.39, 0.29) is 22.4 Å². The molecule has 0 amide bonds. The molecule has 0 unspecified atom stereocenters. The first kappa shape index (κ1) is 16.0. The van der Waals surface area contributed by atoms with E-state index >= 15 is 0 Å². The SMILES string of the molecule is C[C@H](Sc1ncc(C#N)c(N)n1)c1ccc(OC(F)F)cc1. The summed E-state index contributed by atoms with van der Waals surface area (Å²) in [5.41, 5.74) is 6.77. The highest BCUT2D eigenvalue weighted by molar-refractivity contribution is 7.99. The van der Waals surface area contributed by atoms with Crippen LogP contribution in [0.15, 0.2) is 35.6 Å². The molecule has 0 saturated carbocycles. The molecule has 0 aliphatic rings. The monoisotopic (exact) mass is 322 g/mol. The van der Waals surface area contributed by atoms with Crippen molar-refractivity contribution in [2.24, 2.45) is 0 Å². The minimum Gasteiger partial charge on any atom is -0.435 e. The summed E-state index contributed by atoms with van der Waals surface area (Å²) in [7, 11) is 0. The lowest BCUT2D eigenvalue weighted by atomic mass is 10.2. The summed E-state index contributed by atoms with van der Waals surface area (Å²) < 4.78 is 28.5. The zero-order valence-corrected chi connectivity index (χ0v) is 12.3. The summed E-state index contributed by atoms with van der Waals surface area (Å²) in [5.74, 6) is 0.239. The summed E-state index contributed by atoms with van der Waals surface area (Å²) in [6.07, 6.45) is 1.37. The number of aromatic nitrogens is 2. The third-order valence-electron chi connectivity index (χ3n) is 2.77. The molecule has 5 nitrogen and oxygen atoms in total. The molecular weight excluding hydrogens is 310 g/mol. The molecule has 0 radical (unpaired) electrons. The Balaban J connectivity index is 2.07. The van der Waals surface area contributed by atoms with E-state index in [1.807, 2.05) is 13.0 Å². The largest absolute Gasteiger partial charge is 0.435 e. The summed E-state index contributed by atoms with van der Waals surface area (Å²) >= 11 is 1.35. The van der Waals surface area contributed by atoms with Crippen LogP contribution in [-0.2, 0) is 0 Å². The molecule has 114 valence electrons. The molecule has 22 heavy (non-hydrogen) atoms. The highest BCUT2D eigenvalue weighted by atomic mass is 32.2. The first-order valence-corrected chi connectivity index (χ1v) is 7.11. The van der Waals surface area contributed by atoms with Crippen LogP contribution in [0.1, 0.15) is 23.3 Å². The van der Waals surface area contributed by atoms with Gasteiger partial charge in [0, 0.05) is 5.25 Å². The Morgan fingerprint density at radius 2 is 2.00 bits per heavy atom. The molecule has 0 aliphatic carbocycles. The Hall–Kier alpha value is -2.40. The van der Waals surface area contributed by atoms with E-state index < -0.39 is 6.61 Å². The van der Waals surface area contributed by atoms with Gasteiger partial charge in [-0.1, -0.05) is 23.9 Å². The molecule has 2 N–H and O–H groups in total. The van der Waals surface area contributed by atoms with Crippen molar-refractivity contribution in [2.75, 3.05) is 5.73 Å². The Morgan fingerprint density at radius 1 is 1.32 bits per heavy atom. The quantitative estimate of drug-likeness (QED) is 0.671. The van der Waals surface area contributed by atoms with E-state index in [4.69, 9.17) is 11.0 Å². The third-order valence-corrected chi connectivity index (χ3v) is 3.81. The number of rotatable bonds is 5. The van der Waals surface area contributed by atoms with Gasteiger partial charge in [0.2, 0.25) is 0 Å². The smallest absolute Gasteiger partial charge is 0.387 e. The van der Waals surface area contributed by atoms with Crippen LogP contribution >= 0.6 is 11.8 Å². The fourth-order valence-electron chi connectivity index (χ4n) is 1.67. The van der Waals surface area contributed by atoms with Crippen molar-refractivity contribution in [3.05, 3.63) is 41.6 Å². The van der Waals surface area contributed by atoms with E-state index in [2.05, 4.69) is 14.7 Å². The number of anilines is 1. The predicted molar refractivity (Wildman–Crippen MR) is 78.5 cm³/mol. The highest BCUT2D eigenvalue weighted by Crippen LogP contribution is 2.33. The van der Waals surface area contributed by atoms with Gasteiger partial charge in [-0.15, -0.1) is 0 Å². The molecule has 0 aliphatic heterocycles. The van der Waals surface area contributed by atoms with Gasteiger partial charge in [0.05, 0.1) is 6.20 Å². The van der Waals surface area contributed by atoms with Gasteiger partial charge in [0.1, 0.15) is 23.2 Å². The van der Waals surface area contributed by atoms with Gasteiger partial charge in [-0.2, -0.15) is 14.0 Å². The van der Waals surface area contributed by atoms with Crippen molar-refractivity contribution >= 4 is 17.6 Å². The normalized spacial score (nSPS) is 12.0. The van der Waals surface area contributed by atoms with E-state index in [0.717, 1.165) is 5.56 Å². The van der Waals surface area contributed by atoms with Crippen LogP contribution < -0.4 is 10.5 Å². The standard InChI is InChI=1S/C14H12F2N4OS/c1-8(9-2-4-11(5-3-9)21-13(15)16)22-14-19-7-10(6-17)12(18)20-14/h2-5,7-8,13H,1H3,(H2,18,19,20)/t8-/m0/s1. The molecule has 1 aromatic heterocycles. The fourth-order valence-corrected chi connectivity index (χ4v) is 2.54. The second-order valence-electron chi connectivity index (χ2n) is 4.27. The third kappa shape index (κ3) is 4.05. The fraction of sp³-hybridized carbons (Fsp3) is 0.214. The molecule has 1 heterocycles. The number of nitrogens with two attached hydrogens (primary N) is 1. The van der Waals surface area contributed by atoms with Gasteiger partial charge >= 0.3 is 6.61 Å². The van der Waals surface area contributed by atoms with Gasteiger partial charge in [-0.25, -0.2) is 9.97 Å². The molecule has 0 bridgehead atoms. The number of alkyl halides is 2. The van der Waals surface area contributed by atoms with Crippen LogP contribution in [-0.4, -0.2) is 16.6 Å². The maximum Gasteiger partial charge on any atom is 0.387 e. The van der Waals surface area contributed by atoms with Gasteiger partial charge in [-0.3, -0.25) is 0 Å². The van der Waals surface area contributed by atoms with Crippen LogP contribution in [0, 0.1) is 11.3 Å². The van der Waals surface area contributed by atoms with Crippen LogP contribution in [0.4, 0.5) is 14.6 Å². The second-order valence-corrected chi connectivity index (χ2v) is 5.58. The Morgan fingerprint density at radius 3 is 2.55 bits per heavy atom. The van der Waals surface area contributed by atoms with Crippen molar-refractivity contribution in [3.8, 4) is 11.8 Å². The van der Waals surface area contributed by atoms with E-state index in [9.17, 15) is 8.78 Å². The lowest BCUT2D eigenvalue weighted by Crippen LogP contribution is -2.02. The second kappa shape index (κ2) is 7.04. The zero-order chi connectivity index (χ0) is 16.1. The van der Waals surface area contributed by atoms with E-state index in [1.165, 1.54) is 30.1 Å². The van der Waals surface area contributed by atoms with Crippen molar-refractivity contribution < 1.29 is 13.5 Å². The van der Waals surface area contributed by atoms with Gasteiger partial charge in [0.15, 0.2) is 5.16 Å². The number of benzene rings is 1. The van der Waals surface area contributed by atoms with Crippen molar-refractivity contribution in [1.82, 2.24) is 9.97 Å². The number of nitrogen functional groups attached to an aromatic ring is 1. The number of nitrogens with zero attached hydrogens (tertiary/aromatic N) is 3. The molecule has 2 rings (SSSR count). The molecule has 1 atom stereocenters. The predicted octanol–water partition coefficient (Wildman–Crippen LogP) is 3.39. The molecule has 0 saturated heterocycles. The molecule has 1 aromatic carbocycles. The Labute approximate surface area is 130 Å². The molecule has 0 fully saturated rings. The van der Waals surface area contributed by atoms with Crippen molar-refractivity contribution in [3.63, 3.8) is 0 Å². The van der Waals surface area contributed by atoms with Crippen molar-refractivity contribution in [2.45, 2.75) is 23.9 Å². The average molecular weight is 322 g/mol. The molecule has 8 heteroatoms. The number of ether oxygens (including phenoxy) is 1. The number of hydrogen-bond acceptors (Lipinski definition) is 6. The molecular formula is C14H12F2N4OS. The van der Waals surface area contributed by atoms with Crippen molar-refractivity contribution in [1.29, 1.82) is 5.26 Å². The Bertz CT molecular complexity index is 688. The van der Waals surface area contributed by atoms with Gasteiger partial charge in [0.25, 0.3) is 0 Å². The summed E-state index contributed by atoms with van der Waals surface area (Å²) in [6.45, 7) is -0.918. The van der Waals surface area contributed by atoms with Crippen LogP contribution in [0.25, 0.3) is 0 Å². The van der Waals surface area contributed by atoms with E-state index in [1.54, 1.807) is 12.1 Å². The number of thioether (sulfide) groups is 1. The zero-order valence-electron chi connectivity index (χ0n) is 11.5. The highest BCUT2D eigenvalue weighted by Gasteiger charge is 2.12. The number of nitriles is 1. The minimum atomic E-state index is -2.84. The molecule has 0 spiro atoms. The number of hydrogen-bond donors (Lipinski definition) is 1. The first-order chi connectivity index (χ1) is 10.5. The van der Waals surface area contributed by atoms with Crippen LogP contribution in [0.5, 0.6) is 5.75 Å². The maximum absolute atomic E-state index is 12.1. The Kier molecular flexibility index (Phi) is 5.12. The van der Waals surface area contributed by atoms with E-state index in [0.29, 0.717) is 5.16 Å². The van der Waals surface area contributed by atoms with Crippen LogP contribution in [0.3, 0.4) is 0 Å². The summed E-state index contributed by atoms with van der Waals surface area (Å²) in [5, 5.41) is 9.20. The lowest BCUT2D eigenvalue weighted by Gasteiger charge is -2.12. The lowest BCUT2D eigenvalue weighted by molar-refractivity contribution is -0.0498. The number of halogens is 2. The first-order valence-electron chi connectivity index (χ1n) is 6.23. The summed E-state index contributed by atoms with van der Waals surface area (Å²) in [6, 6.07) is 8.25. The van der Waals surface area contributed by atoms with Gasteiger partial charge in [-0.05, 0) is 24.6 Å². The molecule has 2 aromatic rings. The van der Waals surface area contributed by atoms with Crippen LogP contribution in [0.2, 0.25) is 0 Å². The maximum atomic E-state index is 12.1. The van der Waals surface area contributed by atoms with Gasteiger partial charge < -0.3 is 10.5 Å². The minimum absolute atomic E-state index is 0.0204. The average Bonchev–Trinajstić information content (AvgIpc) is 2.47.